The SMILES string of the molecule is CCc1ccc(NC(=O)CSc2nc3nc(C)c(Cc4cccc(Cl)c4)c(C)n3n2)cc1. The molecule has 2 aromatic carbocycles. The molecule has 0 aliphatic heterocycles. The molecule has 0 aliphatic rings. The molecule has 164 valence electrons. The van der Waals surface area contributed by atoms with Gasteiger partial charge in [0, 0.05) is 28.5 Å². The molecule has 0 radical (unpaired) electrons. The van der Waals surface area contributed by atoms with Crippen LogP contribution >= 0.6 is 23.4 Å². The number of nitrogens with one attached hydrogen (secondary N) is 1. The van der Waals surface area contributed by atoms with Crippen molar-refractivity contribution in [1.29, 1.82) is 0 Å². The van der Waals surface area contributed by atoms with Crippen LogP contribution in [-0.4, -0.2) is 31.2 Å². The number of carbonyl (C=O) groups is 1. The Morgan fingerprint density at radius 2 is 1.88 bits per heavy atom. The first kappa shape index (κ1) is 22.3. The van der Waals surface area contributed by atoms with Crippen LogP contribution in [-0.2, 0) is 17.6 Å². The van der Waals surface area contributed by atoms with Gasteiger partial charge in [-0.15, -0.1) is 5.10 Å². The van der Waals surface area contributed by atoms with Crippen LogP contribution < -0.4 is 5.32 Å². The van der Waals surface area contributed by atoms with E-state index in [9.17, 15) is 4.79 Å². The molecule has 8 heteroatoms. The average Bonchev–Trinajstić information content (AvgIpc) is 3.19. The zero-order chi connectivity index (χ0) is 22.7. The monoisotopic (exact) mass is 465 g/mol. The van der Waals surface area contributed by atoms with Crippen LogP contribution in [0.5, 0.6) is 0 Å². The fourth-order valence-electron chi connectivity index (χ4n) is 3.51. The number of fused-ring (bicyclic) bond motifs is 1. The molecule has 0 bridgehead atoms. The van der Waals surface area contributed by atoms with Crippen LogP contribution in [0.3, 0.4) is 0 Å². The van der Waals surface area contributed by atoms with E-state index in [2.05, 4.69) is 27.3 Å². The summed E-state index contributed by atoms with van der Waals surface area (Å²) in [6.45, 7) is 6.09. The second kappa shape index (κ2) is 9.71. The molecule has 0 spiro atoms. The van der Waals surface area contributed by atoms with Gasteiger partial charge in [-0.05, 0) is 61.2 Å². The third-order valence-electron chi connectivity index (χ3n) is 5.28. The summed E-state index contributed by atoms with van der Waals surface area (Å²) in [6.07, 6.45) is 1.68. The van der Waals surface area contributed by atoms with E-state index in [-0.39, 0.29) is 11.7 Å². The molecule has 4 aromatic rings. The predicted octanol–water partition coefficient (Wildman–Crippen LogP) is 5.28. The van der Waals surface area contributed by atoms with Crippen LogP contribution in [0.4, 0.5) is 5.69 Å². The second-order valence-electron chi connectivity index (χ2n) is 7.56. The number of hydrogen-bond acceptors (Lipinski definition) is 5. The highest BCUT2D eigenvalue weighted by molar-refractivity contribution is 7.99. The molecule has 0 aliphatic carbocycles. The minimum absolute atomic E-state index is 0.0967. The molecule has 0 fully saturated rings. The molecule has 2 heterocycles. The van der Waals surface area contributed by atoms with E-state index >= 15 is 0 Å². The fraction of sp³-hybridized carbons (Fsp3) is 0.250. The van der Waals surface area contributed by atoms with Crippen molar-refractivity contribution in [2.75, 3.05) is 11.1 Å². The van der Waals surface area contributed by atoms with Crippen LogP contribution in [0, 0.1) is 13.8 Å². The Hall–Kier alpha value is -2.90. The fourth-order valence-corrected chi connectivity index (χ4v) is 4.34. The number of rotatable bonds is 7. The first-order valence-electron chi connectivity index (χ1n) is 10.4. The standard InChI is InChI=1S/C24H24ClN5OS/c1-4-17-8-10-20(11-9-17)27-22(31)14-32-24-28-23-26-15(2)21(16(3)30(23)29-24)13-18-6-5-7-19(25)12-18/h5-12H,4,13-14H2,1-3H3,(H,27,31). The lowest BCUT2D eigenvalue weighted by molar-refractivity contribution is -0.113. The maximum Gasteiger partial charge on any atom is 0.253 e. The van der Waals surface area contributed by atoms with Gasteiger partial charge in [0.2, 0.25) is 11.1 Å². The van der Waals surface area contributed by atoms with Crippen LogP contribution in [0.1, 0.15) is 35.0 Å². The van der Waals surface area contributed by atoms with Gasteiger partial charge in [0.1, 0.15) is 0 Å². The zero-order valence-corrected chi connectivity index (χ0v) is 19.8. The maximum absolute atomic E-state index is 12.3. The van der Waals surface area contributed by atoms with Crippen molar-refractivity contribution in [1.82, 2.24) is 19.6 Å². The van der Waals surface area contributed by atoms with Gasteiger partial charge in [0.15, 0.2) is 0 Å². The lowest BCUT2D eigenvalue weighted by Gasteiger charge is -2.10. The number of aromatic nitrogens is 4. The molecule has 4 rings (SSSR count). The van der Waals surface area contributed by atoms with Crippen molar-refractivity contribution in [3.8, 4) is 0 Å². The number of thioether (sulfide) groups is 1. The van der Waals surface area contributed by atoms with Crippen molar-refractivity contribution >= 4 is 40.7 Å². The lowest BCUT2D eigenvalue weighted by atomic mass is 10.0. The molecule has 0 unspecified atom stereocenters. The third-order valence-corrected chi connectivity index (χ3v) is 6.35. The summed E-state index contributed by atoms with van der Waals surface area (Å²) in [5.74, 6) is 0.660. The molecular formula is C24H24ClN5OS. The van der Waals surface area contributed by atoms with Crippen molar-refractivity contribution in [3.63, 3.8) is 0 Å². The largest absolute Gasteiger partial charge is 0.325 e. The highest BCUT2D eigenvalue weighted by Gasteiger charge is 2.15. The van der Waals surface area contributed by atoms with Gasteiger partial charge >= 0.3 is 0 Å². The minimum atomic E-state index is -0.0967. The Labute approximate surface area is 196 Å². The van der Waals surface area contributed by atoms with Crippen LogP contribution in [0.2, 0.25) is 5.02 Å². The first-order valence-corrected chi connectivity index (χ1v) is 11.8. The van der Waals surface area contributed by atoms with Crippen LogP contribution in [0.15, 0.2) is 53.7 Å². The number of halogens is 1. The maximum atomic E-state index is 12.3. The molecule has 0 saturated carbocycles. The summed E-state index contributed by atoms with van der Waals surface area (Å²) in [5, 5.41) is 8.72. The Bertz CT molecular complexity index is 1270. The molecule has 0 atom stereocenters. The van der Waals surface area contributed by atoms with Gasteiger partial charge < -0.3 is 5.32 Å². The number of anilines is 1. The normalized spacial score (nSPS) is 11.1. The van der Waals surface area contributed by atoms with Gasteiger partial charge in [-0.3, -0.25) is 4.79 Å². The number of carbonyl (C=O) groups excluding carboxylic acids is 1. The summed E-state index contributed by atoms with van der Waals surface area (Å²) < 4.78 is 1.75. The van der Waals surface area contributed by atoms with Crippen molar-refractivity contribution < 1.29 is 4.79 Å². The summed E-state index contributed by atoms with van der Waals surface area (Å²) in [7, 11) is 0. The van der Waals surface area contributed by atoms with Crippen LogP contribution in [0.25, 0.3) is 5.78 Å². The number of hydrogen-bond donors (Lipinski definition) is 1. The average molecular weight is 466 g/mol. The van der Waals surface area contributed by atoms with E-state index in [1.54, 1.807) is 4.52 Å². The van der Waals surface area contributed by atoms with Gasteiger partial charge in [0.25, 0.3) is 5.78 Å². The topological polar surface area (TPSA) is 72.2 Å². The Kier molecular flexibility index (Phi) is 6.77. The van der Waals surface area contributed by atoms with E-state index in [0.717, 1.165) is 34.6 Å². The summed E-state index contributed by atoms with van der Waals surface area (Å²) >= 11 is 7.43. The quantitative estimate of drug-likeness (QED) is 0.376. The smallest absolute Gasteiger partial charge is 0.253 e. The molecule has 6 nitrogen and oxygen atoms in total. The van der Waals surface area contributed by atoms with Crippen molar-refractivity contribution in [2.45, 2.75) is 38.8 Å². The summed E-state index contributed by atoms with van der Waals surface area (Å²) in [4.78, 5) is 21.5. The molecule has 0 saturated heterocycles. The minimum Gasteiger partial charge on any atom is -0.325 e. The van der Waals surface area contributed by atoms with Gasteiger partial charge in [-0.1, -0.05) is 54.6 Å². The molecular weight excluding hydrogens is 442 g/mol. The Morgan fingerprint density at radius 1 is 1.09 bits per heavy atom. The molecule has 1 amide bonds. The molecule has 32 heavy (non-hydrogen) atoms. The van der Waals surface area contributed by atoms with Gasteiger partial charge in [-0.25, -0.2) is 9.50 Å². The predicted molar refractivity (Wildman–Crippen MR) is 130 cm³/mol. The number of aryl methyl sites for hydroxylation is 3. The number of amides is 1. The number of nitrogens with zero attached hydrogens (tertiary/aromatic N) is 4. The summed E-state index contributed by atoms with van der Waals surface area (Å²) in [6, 6.07) is 15.7. The van der Waals surface area contributed by atoms with Crippen molar-refractivity contribution in [3.05, 3.63) is 81.6 Å². The highest BCUT2D eigenvalue weighted by atomic mass is 35.5. The lowest BCUT2D eigenvalue weighted by Crippen LogP contribution is -2.14. The Morgan fingerprint density at radius 3 is 2.59 bits per heavy atom. The second-order valence-corrected chi connectivity index (χ2v) is 8.94. The first-order chi connectivity index (χ1) is 15.4. The highest BCUT2D eigenvalue weighted by Crippen LogP contribution is 2.22. The Balaban J connectivity index is 1.47. The van der Waals surface area contributed by atoms with E-state index in [1.165, 1.54) is 17.3 Å². The molecule has 2 aromatic heterocycles. The molecule has 1 N–H and O–H groups in total. The van der Waals surface area contributed by atoms with E-state index in [1.807, 2.05) is 62.4 Å². The van der Waals surface area contributed by atoms with Crippen molar-refractivity contribution in [2.24, 2.45) is 0 Å². The third kappa shape index (κ3) is 5.11. The van der Waals surface area contributed by atoms with E-state index < -0.39 is 0 Å². The number of benzene rings is 2. The zero-order valence-electron chi connectivity index (χ0n) is 18.2. The van der Waals surface area contributed by atoms with E-state index in [4.69, 9.17) is 11.6 Å². The van der Waals surface area contributed by atoms with Gasteiger partial charge in [0.05, 0.1) is 5.75 Å². The van der Waals surface area contributed by atoms with E-state index in [0.29, 0.717) is 22.4 Å². The van der Waals surface area contributed by atoms with Gasteiger partial charge in [-0.2, -0.15) is 4.98 Å². The summed E-state index contributed by atoms with van der Waals surface area (Å²) in [5.41, 5.74) is 6.12.